The Bertz CT molecular complexity index is 1000. The Balaban J connectivity index is 1.53. The van der Waals surface area contributed by atoms with Crippen molar-refractivity contribution in [1.82, 2.24) is 9.97 Å². The minimum absolute atomic E-state index is 0.263. The van der Waals surface area contributed by atoms with E-state index in [1.807, 2.05) is 19.1 Å². The molecule has 2 heterocycles. The molecule has 6 heteroatoms. The summed E-state index contributed by atoms with van der Waals surface area (Å²) in [5, 5.41) is 3.53. The molecule has 1 aromatic heterocycles. The number of aromatic nitrogens is 2. The van der Waals surface area contributed by atoms with Crippen LogP contribution in [0, 0.1) is 6.92 Å². The Hall–Kier alpha value is -2.92. The van der Waals surface area contributed by atoms with Crippen LogP contribution in [0.5, 0.6) is 0 Å². The average Bonchev–Trinajstić information content (AvgIpc) is 2.70. The fourth-order valence-corrected chi connectivity index (χ4v) is 3.47. The van der Waals surface area contributed by atoms with Crippen molar-refractivity contribution in [2.24, 2.45) is 0 Å². The summed E-state index contributed by atoms with van der Waals surface area (Å²) in [5.41, 5.74) is 4.60. The first-order valence-corrected chi connectivity index (χ1v) is 9.20. The lowest BCUT2D eigenvalue weighted by molar-refractivity contribution is 0.102. The monoisotopic (exact) mass is 378 g/mol. The zero-order valence-corrected chi connectivity index (χ0v) is 15.7. The molecule has 136 valence electrons. The number of nitrogens with zero attached hydrogens (tertiary/aromatic N) is 3. The zero-order chi connectivity index (χ0) is 18.8. The van der Waals surface area contributed by atoms with Gasteiger partial charge in [0.15, 0.2) is 0 Å². The van der Waals surface area contributed by atoms with E-state index in [0.717, 1.165) is 30.8 Å². The molecule has 1 aliphatic rings. The van der Waals surface area contributed by atoms with Crippen LogP contribution in [-0.2, 0) is 13.0 Å². The summed E-state index contributed by atoms with van der Waals surface area (Å²) in [6.45, 7) is 3.48. The molecule has 0 unspecified atom stereocenters. The lowest BCUT2D eigenvalue weighted by Gasteiger charge is -2.28. The number of carbonyl (C=O) groups excluding carboxylic acids is 1. The van der Waals surface area contributed by atoms with Crippen LogP contribution in [0.4, 0.5) is 11.6 Å². The van der Waals surface area contributed by atoms with Crippen LogP contribution in [0.15, 0.2) is 54.7 Å². The largest absolute Gasteiger partial charge is 0.336 e. The van der Waals surface area contributed by atoms with E-state index in [9.17, 15) is 4.79 Å². The van der Waals surface area contributed by atoms with Gasteiger partial charge in [-0.1, -0.05) is 35.9 Å². The maximum absolute atomic E-state index is 12.6. The van der Waals surface area contributed by atoms with Gasteiger partial charge in [-0.3, -0.25) is 4.79 Å². The van der Waals surface area contributed by atoms with E-state index < -0.39 is 0 Å². The summed E-state index contributed by atoms with van der Waals surface area (Å²) in [5.74, 6) is 0.312. The first-order valence-electron chi connectivity index (χ1n) is 8.82. The Morgan fingerprint density at radius 2 is 1.96 bits per heavy atom. The molecule has 3 aromatic rings. The van der Waals surface area contributed by atoms with Crippen molar-refractivity contribution in [2.75, 3.05) is 16.8 Å². The second-order valence-electron chi connectivity index (χ2n) is 6.60. The average molecular weight is 379 g/mol. The van der Waals surface area contributed by atoms with Gasteiger partial charge in [0.25, 0.3) is 5.91 Å². The van der Waals surface area contributed by atoms with E-state index in [0.29, 0.717) is 16.7 Å². The Morgan fingerprint density at radius 3 is 2.78 bits per heavy atom. The molecule has 1 N–H and O–H groups in total. The van der Waals surface area contributed by atoms with Crippen LogP contribution in [0.25, 0.3) is 0 Å². The molecule has 1 amide bonds. The predicted octanol–water partition coefficient (Wildman–Crippen LogP) is 4.25. The predicted molar refractivity (Wildman–Crippen MR) is 107 cm³/mol. The van der Waals surface area contributed by atoms with Crippen molar-refractivity contribution in [1.29, 1.82) is 0 Å². The zero-order valence-electron chi connectivity index (χ0n) is 14.9. The number of amides is 1. The molecule has 5 nitrogen and oxygen atoms in total. The van der Waals surface area contributed by atoms with E-state index in [4.69, 9.17) is 11.6 Å². The lowest BCUT2D eigenvalue weighted by atomic mass is 10.0. The first kappa shape index (κ1) is 17.5. The van der Waals surface area contributed by atoms with Gasteiger partial charge < -0.3 is 10.2 Å². The van der Waals surface area contributed by atoms with Gasteiger partial charge in [-0.05, 0) is 54.3 Å². The van der Waals surface area contributed by atoms with E-state index in [-0.39, 0.29) is 5.91 Å². The van der Waals surface area contributed by atoms with E-state index in [2.05, 4.69) is 38.4 Å². The third kappa shape index (κ3) is 3.78. The maximum Gasteiger partial charge on any atom is 0.274 e. The van der Waals surface area contributed by atoms with Gasteiger partial charge in [-0.15, -0.1) is 0 Å². The van der Waals surface area contributed by atoms with Crippen molar-refractivity contribution < 1.29 is 4.79 Å². The summed E-state index contributed by atoms with van der Waals surface area (Å²) in [6.07, 6.45) is 2.58. The number of hydrogen-bond acceptors (Lipinski definition) is 4. The Morgan fingerprint density at radius 1 is 1.15 bits per heavy atom. The fourth-order valence-electron chi connectivity index (χ4n) is 3.25. The third-order valence-electron chi connectivity index (χ3n) is 4.73. The van der Waals surface area contributed by atoms with Crippen molar-refractivity contribution in [3.8, 4) is 0 Å². The molecule has 0 atom stereocenters. The summed E-state index contributed by atoms with van der Waals surface area (Å²) in [4.78, 5) is 23.6. The highest BCUT2D eigenvalue weighted by molar-refractivity contribution is 6.30. The number of rotatable bonds is 3. The quantitative estimate of drug-likeness (QED) is 0.740. The number of nitrogens with one attached hydrogen (secondary N) is 1. The van der Waals surface area contributed by atoms with E-state index in [1.54, 1.807) is 24.4 Å². The third-order valence-corrected chi connectivity index (χ3v) is 4.96. The second kappa shape index (κ2) is 7.37. The van der Waals surface area contributed by atoms with Crippen LogP contribution in [0.3, 0.4) is 0 Å². The topological polar surface area (TPSA) is 58.1 Å². The minimum Gasteiger partial charge on any atom is -0.336 e. The first-order chi connectivity index (χ1) is 13.1. The number of hydrogen-bond donors (Lipinski definition) is 1. The van der Waals surface area contributed by atoms with Crippen LogP contribution in [0.1, 0.15) is 27.2 Å². The summed E-state index contributed by atoms with van der Waals surface area (Å²) < 4.78 is 0. The molecule has 0 saturated carbocycles. The van der Waals surface area contributed by atoms with Gasteiger partial charge in [0, 0.05) is 30.0 Å². The lowest BCUT2D eigenvalue weighted by Crippen LogP contribution is -2.32. The van der Waals surface area contributed by atoms with E-state index >= 15 is 0 Å². The van der Waals surface area contributed by atoms with Gasteiger partial charge in [0.05, 0.1) is 0 Å². The molecule has 0 fully saturated rings. The standard InChI is InChI=1S/C21H19ClN4O/c1-14-12-17(22)6-7-18(14)24-20(27)19-8-10-23-21(25-19)26-11-9-15-4-2-3-5-16(15)13-26/h2-8,10,12H,9,11,13H2,1H3,(H,24,27). The van der Waals surface area contributed by atoms with Crippen LogP contribution >= 0.6 is 11.6 Å². The van der Waals surface area contributed by atoms with Gasteiger partial charge in [-0.2, -0.15) is 0 Å². The molecule has 2 aromatic carbocycles. The molecule has 0 radical (unpaired) electrons. The molecule has 0 bridgehead atoms. The van der Waals surface area contributed by atoms with Crippen LogP contribution < -0.4 is 10.2 Å². The molecular weight excluding hydrogens is 360 g/mol. The van der Waals surface area contributed by atoms with Crippen molar-refractivity contribution in [2.45, 2.75) is 19.9 Å². The van der Waals surface area contributed by atoms with Gasteiger partial charge in [-0.25, -0.2) is 9.97 Å². The maximum atomic E-state index is 12.6. The summed E-state index contributed by atoms with van der Waals surface area (Å²) in [6, 6.07) is 15.4. The molecule has 0 saturated heterocycles. The molecule has 0 aliphatic carbocycles. The minimum atomic E-state index is -0.263. The second-order valence-corrected chi connectivity index (χ2v) is 7.03. The summed E-state index contributed by atoms with van der Waals surface area (Å²) >= 11 is 5.97. The molecular formula is C21H19ClN4O. The highest BCUT2D eigenvalue weighted by atomic mass is 35.5. The SMILES string of the molecule is Cc1cc(Cl)ccc1NC(=O)c1ccnc(N2CCc3ccccc3C2)n1. The van der Waals surface area contributed by atoms with Gasteiger partial charge in [0.2, 0.25) is 5.95 Å². The van der Waals surface area contributed by atoms with Crippen LogP contribution in [0.2, 0.25) is 5.02 Å². The number of benzene rings is 2. The van der Waals surface area contributed by atoms with Crippen molar-refractivity contribution in [3.63, 3.8) is 0 Å². The highest BCUT2D eigenvalue weighted by Crippen LogP contribution is 2.23. The number of fused-ring (bicyclic) bond motifs is 1. The van der Waals surface area contributed by atoms with E-state index in [1.165, 1.54) is 11.1 Å². The normalized spacial score (nSPS) is 13.2. The van der Waals surface area contributed by atoms with Gasteiger partial charge in [0.1, 0.15) is 5.69 Å². The number of aryl methyl sites for hydroxylation is 1. The number of carbonyl (C=O) groups is 1. The summed E-state index contributed by atoms with van der Waals surface area (Å²) in [7, 11) is 0. The van der Waals surface area contributed by atoms with Crippen LogP contribution in [-0.4, -0.2) is 22.4 Å². The number of halogens is 1. The smallest absolute Gasteiger partial charge is 0.274 e. The molecule has 4 rings (SSSR count). The molecule has 27 heavy (non-hydrogen) atoms. The molecule has 0 spiro atoms. The molecule has 1 aliphatic heterocycles. The van der Waals surface area contributed by atoms with Crippen molar-refractivity contribution >= 4 is 29.1 Å². The Kier molecular flexibility index (Phi) is 4.77. The van der Waals surface area contributed by atoms with Crippen molar-refractivity contribution in [3.05, 3.63) is 82.1 Å². The highest BCUT2D eigenvalue weighted by Gasteiger charge is 2.19. The Labute approximate surface area is 163 Å². The number of anilines is 2. The van der Waals surface area contributed by atoms with Gasteiger partial charge >= 0.3 is 0 Å². The fraction of sp³-hybridized carbons (Fsp3) is 0.190.